The average Bonchev–Trinajstić information content (AvgIpc) is 2.99. The molecule has 2 N–H and O–H groups in total. The Labute approximate surface area is 165 Å². The first-order valence-electron chi connectivity index (χ1n) is 7.43. The Hall–Kier alpha value is -1.52. The Kier molecular flexibility index (Phi) is 5.12. The zero-order valence-corrected chi connectivity index (χ0v) is 17.5. The van der Waals surface area contributed by atoms with Crippen LogP contribution in [0, 0.1) is 0 Å². The molecule has 132 valence electrons. The smallest absolute Gasteiger partial charge is 0.325 e. The number of imide groups is 1. The van der Waals surface area contributed by atoms with Gasteiger partial charge in [-0.15, -0.1) is 11.3 Å². The summed E-state index contributed by atoms with van der Waals surface area (Å²) in [6, 6.07) is 1.45. The second kappa shape index (κ2) is 7.00. The topological polar surface area (TPSA) is 87.2 Å². The minimum atomic E-state index is -0.855. The molecule has 0 atom stereocenters. The van der Waals surface area contributed by atoms with Gasteiger partial charge in [-0.3, -0.25) is 9.69 Å². The normalized spacial score (nSPS) is 16.2. The van der Waals surface area contributed by atoms with Gasteiger partial charge in [-0.2, -0.15) is 0 Å². The van der Waals surface area contributed by atoms with Crippen LogP contribution >= 0.6 is 43.2 Å². The van der Waals surface area contributed by atoms with Crippen molar-refractivity contribution in [1.29, 1.82) is 0 Å². The maximum Gasteiger partial charge on any atom is 0.325 e. The van der Waals surface area contributed by atoms with Crippen molar-refractivity contribution in [2.24, 2.45) is 0 Å². The number of hydrogen-bond acceptors (Lipinski definition) is 6. The molecule has 3 heterocycles. The largest absolute Gasteiger partial charge is 0.352 e. The Balaban J connectivity index is 1.65. The maximum atomic E-state index is 12.1. The molecular formula is C15H15Br2N5O2S. The zero-order chi connectivity index (χ0) is 18.2. The van der Waals surface area contributed by atoms with E-state index >= 15 is 0 Å². The van der Waals surface area contributed by atoms with Gasteiger partial charge in [0.1, 0.15) is 5.54 Å². The molecule has 0 saturated carbocycles. The Bertz CT molecular complexity index is 839. The summed E-state index contributed by atoms with van der Waals surface area (Å²) in [6.07, 6.45) is 1.67. The summed E-state index contributed by atoms with van der Waals surface area (Å²) in [5.74, 6) is 0.210. The van der Waals surface area contributed by atoms with Crippen LogP contribution in [0.1, 0.15) is 13.8 Å². The van der Waals surface area contributed by atoms with E-state index in [9.17, 15) is 9.59 Å². The fourth-order valence-electron chi connectivity index (χ4n) is 2.37. The van der Waals surface area contributed by atoms with Gasteiger partial charge < -0.3 is 10.6 Å². The number of aromatic nitrogens is 2. The molecule has 25 heavy (non-hydrogen) atoms. The van der Waals surface area contributed by atoms with Crippen molar-refractivity contribution in [1.82, 2.24) is 20.2 Å². The highest BCUT2D eigenvalue weighted by atomic mass is 79.9. The standard InChI is InChI=1S/C15H15Br2N5O2S/c1-15(2)12(23)22(14(24)21-15)6-5-19-13-18-4-3-9(20-13)11-10(17)8(16)7-25-11/h3-4,7H,5-6H2,1-2H3,(H,21,24)(H,18,19,20). The molecule has 0 radical (unpaired) electrons. The van der Waals surface area contributed by atoms with Gasteiger partial charge >= 0.3 is 6.03 Å². The first kappa shape index (κ1) is 18.3. The monoisotopic (exact) mass is 487 g/mol. The van der Waals surface area contributed by atoms with E-state index in [0.29, 0.717) is 12.5 Å². The van der Waals surface area contributed by atoms with Crippen molar-refractivity contribution < 1.29 is 9.59 Å². The first-order chi connectivity index (χ1) is 11.8. The number of hydrogen-bond donors (Lipinski definition) is 2. The molecule has 7 nitrogen and oxygen atoms in total. The molecule has 3 rings (SSSR count). The molecule has 10 heteroatoms. The fraction of sp³-hybridized carbons (Fsp3) is 0.333. The molecule has 1 aliphatic heterocycles. The van der Waals surface area contributed by atoms with E-state index in [-0.39, 0.29) is 18.5 Å². The predicted molar refractivity (Wildman–Crippen MR) is 104 cm³/mol. The van der Waals surface area contributed by atoms with Gasteiger partial charge in [0.25, 0.3) is 5.91 Å². The molecule has 0 unspecified atom stereocenters. The van der Waals surface area contributed by atoms with Crippen molar-refractivity contribution in [3.63, 3.8) is 0 Å². The molecule has 1 aliphatic rings. The second-order valence-electron chi connectivity index (χ2n) is 5.93. The molecule has 0 aliphatic carbocycles. The molecule has 1 fully saturated rings. The first-order valence-corrected chi connectivity index (χ1v) is 9.90. The highest BCUT2D eigenvalue weighted by molar-refractivity contribution is 9.13. The molecule has 3 amide bonds. The van der Waals surface area contributed by atoms with Gasteiger partial charge in [-0.25, -0.2) is 14.8 Å². The third-order valence-electron chi connectivity index (χ3n) is 3.64. The third-order valence-corrected chi connectivity index (χ3v) is 7.19. The lowest BCUT2D eigenvalue weighted by atomic mass is 10.1. The number of nitrogens with one attached hydrogen (secondary N) is 2. The van der Waals surface area contributed by atoms with Crippen LogP contribution in [0.15, 0.2) is 26.6 Å². The summed E-state index contributed by atoms with van der Waals surface area (Å²) in [4.78, 5) is 34.8. The minimum absolute atomic E-state index is 0.235. The van der Waals surface area contributed by atoms with E-state index in [1.807, 2.05) is 11.4 Å². The highest BCUT2D eigenvalue weighted by Crippen LogP contribution is 2.39. The van der Waals surface area contributed by atoms with E-state index in [1.54, 1.807) is 31.4 Å². The van der Waals surface area contributed by atoms with Crippen molar-refractivity contribution in [2.45, 2.75) is 19.4 Å². The van der Waals surface area contributed by atoms with Crippen molar-refractivity contribution >= 4 is 61.1 Å². The molecule has 2 aromatic heterocycles. The van der Waals surface area contributed by atoms with Crippen LogP contribution in [0.5, 0.6) is 0 Å². The van der Waals surface area contributed by atoms with Crippen molar-refractivity contribution in [3.05, 3.63) is 26.6 Å². The summed E-state index contributed by atoms with van der Waals surface area (Å²) in [5, 5.41) is 7.69. The van der Waals surface area contributed by atoms with E-state index in [0.717, 1.165) is 19.5 Å². The van der Waals surface area contributed by atoms with Crippen molar-refractivity contribution in [3.8, 4) is 10.6 Å². The van der Waals surface area contributed by atoms with Crippen LogP contribution in [0.4, 0.5) is 10.7 Å². The number of carbonyl (C=O) groups is 2. The third kappa shape index (κ3) is 3.70. The Morgan fingerprint density at radius 2 is 2.12 bits per heavy atom. The second-order valence-corrected chi connectivity index (χ2v) is 8.46. The number of carbonyl (C=O) groups excluding carboxylic acids is 2. The summed E-state index contributed by atoms with van der Waals surface area (Å²) < 4.78 is 1.92. The number of rotatable bonds is 5. The van der Waals surface area contributed by atoms with Gasteiger partial charge in [0, 0.05) is 29.1 Å². The van der Waals surface area contributed by atoms with Gasteiger partial charge in [0.05, 0.1) is 15.0 Å². The molecule has 0 aromatic carbocycles. The summed E-state index contributed by atoms with van der Waals surface area (Å²) in [6.45, 7) is 3.98. The predicted octanol–water partition coefficient (Wildman–Crippen LogP) is 3.47. The van der Waals surface area contributed by atoms with Crippen LogP contribution in [0.2, 0.25) is 0 Å². The number of thiophene rings is 1. The Morgan fingerprint density at radius 3 is 2.72 bits per heavy atom. The lowest BCUT2D eigenvalue weighted by Crippen LogP contribution is -2.40. The van der Waals surface area contributed by atoms with Gasteiger partial charge in [-0.1, -0.05) is 0 Å². The average molecular weight is 489 g/mol. The molecule has 0 bridgehead atoms. The van der Waals surface area contributed by atoms with Crippen LogP contribution in [-0.4, -0.2) is 45.4 Å². The van der Waals surface area contributed by atoms with Gasteiger partial charge in [0.2, 0.25) is 5.95 Å². The summed E-state index contributed by atoms with van der Waals surface area (Å²) in [5.41, 5.74) is -0.0667. The zero-order valence-electron chi connectivity index (χ0n) is 13.5. The van der Waals surface area contributed by atoms with Gasteiger partial charge in [-0.05, 0) is 51.8 Å². The molecule has 1 saturated heterocycles. The summed E-state index contributed by atoms with van der Waals surface area (Å²) >= 11 is 8.55. The number of urea groups is 1. The molecule has 2 aromatic rings. The minimum Gasteiger partial charge on any atom is -0.352 e. The number of nitrogens with zero attached hydrogens (tertiary/aromatic N) is 3. The lowest BCUT2D eigenvalue weighted by molar-refractivity contribution is -0.130. The number of halogens is 2. The van der Waals surface area contributed by atoms with Crippen LogP contribution < -0.4 is 10.6 Å². The lowest BCUT2D eigenvalue weighted by Gasteiger charge is -2.16. The maximum absolute atomic E-state index is 12.1. The van der Waals surface area contributed by atoms with Gasteiger partial charge in [0.15, 0.2) is 0 Å². The van der Waals surface area contributed by atoms with E-state index in [2.05, 4.69) is 52.5 Å². The van der Waals surface area contributed by atoms with E-state index in [4.69, 9.17) is 0 Å². The fourth-order valence-corrected chi connectivity index (χ4v) is 4.51. The highest BCUT2D eigenvalue weighted by Gasteiger charge is 2.43. The number of amides is 3. The van der Waals surface area contributed by atoms with E-state index in [1.165, 1.54) is 4.90 Å². The van der Waals surface area contributed by atoms with Crippen LogP contribution in [0.25, 0.3) is 10.6 Å². The quantitative estimate of drug-likeness (QED) is 0.629. The molecule has 0 spiro atoms. The number of anilines is 1. The summed E-state index contributed by atoms with van der Waals surface area (Å²) in [7, 11) is 0. The van der Waals surface area contributed by atoms with Crippen LogP contribution in [0.3, 0.4) is 0 Å². The van der Waals surface area contributed by atoms with E-state index < -0.39 is 5.54 Å². The Morgan fingerprint density at radius 1 is 1.36 bits per heavy atom. The van der Waals surface area contributed by atoms with Crippen LogP contribution in [-0.2, 0) is 4.79 Å². The van der Waals surface area contributed by atoms with Crippen molar-refractivity contribution in [2.75, 3.05) is 18.4 Å². The SMILES string of the molecule is CC1(C)NC(=O)N(CCNc2nccc(-c3scc(Br)c3Br)n2)C1=O. The molecular weight excluding hydrogens is 474 g/mol.